The summed E-state index contributed by atoms with van der Waals surface area (Å²) in [4.78, 5) is 4.40. The maximum Gasteiger partial charge on any atom is 0.247 e. The molecule has 118 valence electrons. The minimum atomic E-state index is 0.504. The van der Waals surface area contributed by atoms with E-state index in [9.17, 15) is 0 Å². The van der Waals surface area contributed by atoms with Gasteiger partial charge in [-0.3, -0.25) is 5.10 Å². The second kappa shape index (κ2) is 7.74. The van der Waals surface area contributed by atoms with Gasteiger partial charge in [0.05, 0.1) is 19.9 Å². The number of H-pyrrole nitrogens is 1. The van der Waals surface area contributed by atoms with Crippen molar-refractivity contribution in [1.82, 2.24) is 15.2 Å². The fourth-order valence-electron chi connectivity index (χ4n) is 1.66. The van der Waals surface area contributed by atoms with Crippen molar-refractivity contribution in [2.75, 3.05) is 25.3 Å². The van der Waals surface area contributed by atoms with E-state index < -0.39 is 0 Å². The van der Waals surface area contributed by atoms with Gasteiger partial charge in [-0.1, -0.05) is 23.4 Å². The van der Waals surface area contributed by atoms with Gasteiger partial charge in [-0.15, -0.1) is 5.10 Å². The zero-order chi connectivity index (χ0) is 15.9. The predicted octanol–water partition coefficient (Wildman–Crippen LogP) is 3.62. The lowest BCUT2D eigenvalue weighted by Crippen LogP contribution is -1.97. The average Bonchev–Trinajstić information content (AvgIpc) is 3.00. The maximum absolute atomic E-state index is 5.34. The van der Waals surface area contributed by atoms with E-state index in [1.54, 1.807) is 32.0 Å². The van der Waals surface area contributed by atoms with E-state index in [1.165, 1.54) is 5.57 Å². The molecule has 0 aliphatic rings. The van der Waals surface area contributed by atoms with Crippen molar-refractivity contribution in [3.63, 3.8) is 0 Å². The number of rotatable bonds is 7. The molecule has 0 bridgehead atoms. The highest BCUT2D eigenvalue weighted by molar-refractivity contribution is 7.99. The molecule has 2 rings (SSSR count). The highest BCUT2D eigenvalue weighted by atomic mass is 32.2. The lowest BCUT2D eigenvalue weighted by molar-refractivity contribution is 0.395. The first-order valence-corrected chi connectivity index (χ1v) is 7.81. The van der Waals surface area contributed by atoms with Crippen LogP contribution in [-0.2, 0) is 0 Å². The Morgan fingerprint density at radius 1 is 1.36 bits per heavy atom. The molecule has 0 spiro atoms. The van der Waals surface area contributed by atoms with Crippen molar-refractivity contribution in [2.45, 2.75) is 19.0 Å². The molecule has 0 amide bonds. The zero-order valence-electron chi connectivity index (χ0n) is 13.1. The number of ether oxygens (including phenoxy) is 2. The van der Waals surface area contributed by atoms with Crippen molar-refractivity contribution in [2.24, 2.45) is 0 Å². The van der Waals surface area contributed by atoms with Crippen molar-refractivity contribution in [1.29, 1.82) is 0 Å². The first-order chi connectivity index (χ1) is 10.7. The van der Waals surface area contributed by atoms with E-state index in [4.69, 9.17) is 9.47 Å². The average molecular weight is 320 g/mol. The summed E-state index contributed by atoms with van der Waals surface area (Å²) >= 11 is 1.61. The number of nitrogens with zero attached hydrogens (tertiary/aromatic N) is 2. The van der Waals surface area contributed by atoms with Crippen LogP contribution in [0.5, 0.6) is 11.5 Å². The van der Waals surface area contributed by atoms with Gasteiger partial charge < -0.3 is 14.8 Å². The fraction of sp³-hybridized carbons (Fsp3) is 0.333. The van der Waals surface area contributed by atoms with Crippen LogP contribution in [-0.4, -0.2) is 35.2 Å². The van der Waals surface area contributed by atoms with Crippen LogP contribution in [0, 0.1) is 0 Å². The summed E-state index contributed by atoms with van der Waals surface area (Å²) in [6.07, 6.45) is 2.09. The van der Waals surface area contributed by atoms with Crippen LogP contribution in [0.1, 0.15) is 13.8 Å². The topological polar surface area (TPSA) is 72.1 Å². The summed E-state index contributed by atoms with van der Waals surface area (Å²) in [5.41, 5.74) is 2.08. The molecule has 7 heteroatoms. The fourth-order valence-corrected chi connectivity index (χ4v) is 2.45. The third-order valence-corrected chi connectivity index (χ3v) is 4.11. The van der Waals surface area contributed by atoms with Crippen LogP contribution in [0.4, 0.5) is 11.6 Å². The number of anilines is 2. The van der Waals surface area contributed by atoms with Gasteiger partial charge in [0.2, 0.25) is 5.95 Å². The molecule has 22 heavy (non-hydrogen) atoms. The summed E-state index contributed by atoms with van der Waals surface area (Å²) in [5, 5.41) is 11.0. The minimum absolute atomic E-state index is 0.504. The smallest absolute Gasteiger partial charge is 0.247 e. The second-order valence-electron chi connectivity index (χ2n) is 4.58. The molecule has 1 aromatic carbocycles. The largest absolute Gasteiger partial charge is 0.497 e. The number of hydrogen-bond donors (Lipinski definition) is 2. The third-order valence-electron chi connectivity index (χ3n) is 3.05. The summed E-state index contributed by atoms with van der Waals surface area (Å²) in [7, 11) is 3.23. The Labute approximate surface area is 134 Å². The van der Waals surface area contributed by atoms with Crippen molar-refractivity contribution in [3.8, 4) is 11.5 Å². The molecule has 0 aliphatic heterocycles. The number of benzene rings is 1. The van der Waals surface area contributed by atoms with Crippen LogP contribution in [0.25, 0.3) is 0 Å². The Morgan fingerprint density at radius 3 is 2.86 bits per heavy atom. The number of methoxy groups -OCH3 is 2. The quantitative estimate of drug-likeness (QED) is 0.599. The summed E-state index contributed by atoms with van der Waals surface area (Å²) < 4.78 is 10.5. The monoisotopic (exact) mass is 320 g/mol. The van der Waals surface area contributed by atoms with E-state index >= 15 is 0 Å². The Hall–Kier alpha value is -2.15. The molecule has 0 saturated heterocycles. The van der Waals surface area contributed by atoms with E-state index in [0.717, 1.165) is 22.3 Å². The van der Waals surface area contributed by atoms with Gasteiger partial charge in [-0.25, -0.2) is 0 Å². The van der Waals surface area contributed by atoms with Gasteiger partial charge in [0.1, 0.15) is 11.5 Å². The Morgan fingerprint density at radius 2 is 2.18 bits per heavy atom. The zero-order valence-corrected chi connectivity index (χ0v) is 14.0. The second-order valence-corrected chi connectivity index (χ2v) is 5.54. The molecular formula is C15H20N4O2S. The van der Waals surface area contributed by atoms with Gasteiger partial charge in [-0.05, 0) is 26.0 Å². The molecule has 0 radical (unpaired) electrons. The van der Waals surface area contributed by atoms with Crippen LogP contribution < -0.4 is 14.8 Å². The van der Waals surface area contributed by atoms with Crippen LogP contribution in [0.3, 0.4) is 0 Å². The van der Waals surface area contributed by atoms with E-state index in [-0.39, 0.29) is 0 Å². The standard InChI is InChI=1S/C15H20N4O2S/c1-5-10(2)9-22-15-17-14(18-19-15)16-12-7-6-11(20-3)8-13(12)21-4/h5-8H,9H2,1-4H3,(H2,16,17,18,19)/b10-5+. The van der Waals surface area contributed by atoms with Crippen molar-refractivity contribution >= 4 is 23.4 Å². The van der Waals surface area contributed by atoms with Gasteiger partial charge in [0, 0.05) is 11.8 Å². The molecular weight excluding hydrogens is 300 g/mol. The summed E-state index contributed by atoms with van der Waals surface area (Å²) in [5.74, 6) is 2.79. The number of hydrogen-bond acceptors (Lipinski definition) is 6. The number of allylic oxidation sites excluding steroid dienone is 1. The van der Waals surface area contributed by atoms with E-state index in [0.29, 0.717) is 11.7 Å². The predicted molar refractivity (Wildman–Crippen MR) is 89.4 cm³/mol. The SMILES string of the molecule is C/C=C(\C)CSc1nc(Nc2ccc(OC)cc2OC)n[nH]1. The Kier molecular flexibility index (Phi) is 5.71. The third kappa shape index (κ3) is 4.17. The van der Waals surface area contributed by atoms with Gasteiger partial charge in [0.25, 0.3) is 0 Å². The van der Waals surface area contributed by atoms with E-state index in [2.05, 4.69) is 33.5 Å². The molecule has 2 aromatic rings. The Balaban J connectivity index is 2.06. The number of aromatic nitrogens is 3. The van der Waals surface area contributed by atoms with Crippen molar-refractivity contribution in [3.05, 3.63) is 29.8 Å². The lowest BCUT2D eigenvalue weighted by atomic mass is 10.2. The number of aromatic amines is 1. The molecule has 0 unspecified atom stereocenters. The molecule has 2 N–H and O–H groups in total. The summed E-state index contributed by atoms with van der Waals surface area (Å²) in [6.45, 7) is 4.12. The first-order valence-electron chi connectivity index (χ1n) is 6.82. The minimum Gasteiger partial charge on any atom is -0.497 e. The van der Waals surface area contributed by atoms with Crippen LogP contribution in [0.15, 0.2) is 35.0 Å². The molecule has 0 fully saturated rings. The molecule has 1 heterocycles. The molecule has 1 aromatic heterocycles. The van der Waals surface area contributed by atoms with Crippen molar-refractivity contribution < 1.29 is 9.47 Å². The van der Waals surface area contributed by atoms with Gasteiger partial charge in [0.15, 0.2) is 5.16 Å². The lowest BCUT2D eigenvalue weighted by Gasteiger charge is -2.10. The Bertz CT molecular complexity index is 655. The number of thioether (sulfide) groups is 1. The first kappa shape index (κ1) is 16.2. The highest BCUT2D eigenvalue weighted by Gasteiger charge is 2.09. The maximum atomic E-state index is 5.34. The molecule has 0 atom stereocenters. The van der Waals surface area contributed by atoms with Crippen LogP contribution in [0.2, 0.25) is 0 Å². The highest BCUT2D eigenvalue weighted by Crippen LogP contribution is 2.31. The van der Waals surface area contributed by atoms with Crippen LogP contribution >= 0.6 is 11.8 Å². The van der Waals surface area contributed by atoms with Gasteiger partial charge in [-0.2, -0.15) is 4.98 Å². The van der Waals surface area contributed by atoms with Gasteiger partial charge >= 0.3 is 0 Å². The molecule has 6 nitrogen and oxygen atoms in total. The summed E-state index contributed by atoms with van der Waals surface area (Å²) in [6, 6.07) is 5.52. The van der Waals surface area contributed by atoms with E-state index in [1.807, 2.05) is 19.1 Å². The molecule has 0 aliphatic carbocycles. The molecule has 0 saturated carbocycles. The normalized spacial score (nSPS) is 11.4. The number of nitrogens with one attached hydrogen (secondary N) is 2.